The molecule has 4 nitrogen and oxygen atoms in total. The topological polar surface area (TPSA) is 55.4 Å². The molecule has 0 aliphatic carbocycles. The van der Waals surface area contributed by atoms with Crippen molar-refractivity contribution < 1.29 is 13.2 Å². The maximum atomic E-state index is 11.6. The summed E-state index contributed by atoms with van der Waals surface area (Å²) < 4.78 is 31.2. The van der Waals surface area contributed by atoms with Gasteiger partial charge < -0.3 is 4.74 Å². The van der Waals surface area contributed by atoms with E-state index in [9.17, 15) is 8.42 Å². The summed E-state index contributed by atoms with van der Waals surface area (Å²) in [6.07, 6.45) is 4.79. The van der Waals surface area contributed by atoms with Crippen LogP contribution in [0.4, 0.5) is 0 Å². The monoisotopic (exact) mass is 313 g/mol. The van der Waals surface area contributed by atoms with Crippen molar-refractivity contribution in [1.29, 1.82) is 0 Å². The Morgan fingerprint density at radius 3 is 2.75 bits per heavy atom. The predicted octanol–water partition coefficient (Wildman–Crippen LogP) is 1.65. The van der Waals surface area contributed by atoms with Crippen LogP contribution >= 0.6 is 15.9 Å². The molecule has 1 aliphatic heterocycles. The highest BCUT2D eigenvalue weighted by molar-refractivity contribution is 9.09. The fraction of sp³-hybridized carbons (Fsp3) is 1.00. The molecule has 0 aromatic heterocycles. The molecule has 6 heteroatoms. The van der Waals surface area contributed by atoms with Crippen molar-refractivity contribution in [3.05, 3.63) is 0 Å². The standard InChI is InChI=1S/C10H20BrNO3S/c11-6-2-1-3-7-12-16(13,14)9-10-5-4-8-15-10/h10,12H,1-9H2. The lowest BCUT2D eigenvalue weighted by molar-refractivity contribution is 0.127. The molecule has 1 heterocycles. The Bertz CT molecular complexity index is 276. The third-order valence-electron chi connectivity index (χ3n) is 2.56. The Morgan fingerprint density at radius 2 is 2.12 bits per heavy atom. The summed E-state index contributed by atoms with van der Waals surface area (Å²) in [4.78, 5) is 0. The van der Waals surface area contributed by atoms with Crippen molar-refractivity contribution in [2.24, 2.45) is 0 Å². The van der Waals surface area contributed by atoms with Gasteiger partial charge in [0.15, 0.2) is 0 Å². The highest BCUT2D eigenvalue weighted by atomic mass is 79.9. The predicted molar refractivity (Wildman–Crippen MR) is 68.4 cm³/mol. The van der Waals surface area contributed by atoms with E-state index in [-0.39, 0.29) is 11.9 Å². The van der Waals surface area contributed by atoms with E-state index in [1.807, 2.05) is 0 Å². The van der Waals surface area contributed by atoms with Crippen molar-refractivity contribution in [2.45, 2.75) is 38.2 Å². The number of unbranched alkanes of at least 4 members (excludes halogenated alkanes) is 2. The number of hydrogen-bond acceptors (Lipinski definition) is 3. The molecule has 1 unspecified atom stereocenters. The molecule has 0 aromatic rings. The lowest BCUT2D eigenvalue weighted by Crippen LogP contribution is -2.32. The second-order valence-corrected chi connectivity index (χ2v) is 6.70. The maximum absolute atomic E-state index is 11.6. The van der Waals surface area contributed by atoms with Gasteiger partial charge in [-0.25, -0.2) is 13.1 Å². The van der Waals surface area contributed by atoms with Crippen LogP contribution in [0.2, 0.25) is 0 Å². The van der Waals surface area contributed by atoms with Crippen LogP contribution in [-0.4, -0.2) is 38.8 Å². The van der Waals surface area contributed by atoms with Gasteiger partial charge in [0.1, 0.15) is 0 Å². The first-order valence-corrected chi connectivity index (χ1v) is 8.56. The second kappa shape index (κ2) is 7.63. The molecule has 0 radical (unpaired) electrons. The van der Waals surface area contributed by atoms with Crippen LogP contribution in [0.5, 0.6) is 0 Å². The number of sulfonamides is 1. The van der Waals surface area contributed by atoms with Gasteiger partial charge in [-0.3, -0.25) is 0 Å². The van der Waals surface area contributed by atoms with E-state index >= 15 is 0 Å². The SMILES string of the molecule is O=S(=O)(CC1CCCO1)NCCCCCBr. The Hall–Kier alpha value is 0.350. The molecule has 0 spiro atoms. The van der Waals surface area contributed by atoms with Gasteiger partial charge in [0.05, 0.1) is 11.9 Å². The van der Waals surface area contributed by atoms with Gasteiger partial charge in [-0.15, -0.1) is 0 Å². The Kier molecular flexibility index (Phi) is 6.87. The van der Waals surface area contributed by atoms with Crippen LogP contribution in [0, 0.1) is 0 Å². The lowest BCUT2D eigenvalue weighted by Gasteiger charge is -2.10. The fourth-order valence-corrected chi connectivity index (χ4v) is 3.43. The molecule has 1 aliphatic rings. The van der Waals surface area contributed by atoms with Gasteiger partial charge in [-0.2, -0.15) is 0 Å². The first kappa shape index (κ1) is 14.4. The van der Waals surface area contributed by atoms with Crippen LogP contribution in [0.1, 0.15) is 32.1 Å². The average Bonchev–Trinajstić information content (AvgIpc) is 2.69. The van der Waals surface area contributed by atoms with Gasteiger partial charge in [-0.1, -0.05) is 22.4 Å². The molecule has 1 fully saturated rings. The van der Waals surface area contributed by atoms with Gasteiger partial charge in [-0.05, 0) is 25.7 Å². The van der Waals surface area contributed by atoms with E-state index in [2.05, 4.69) is 20.7 Å². The number of halogens is 1. The molecule has 0 bridgehead atoms. The third kappa shape index (κ3) is 6.18. The number of alkyl halides is 1. The van der Waals surface area contributed by atoms with E-state index in [1.165, 1.54) is 0 Å². The molecule has 1 saturated heterocycles. The molecule has 0 saturated carbocycles. The number of ether oxygens (including phenoxy) is 1. The summed E-state index contributed by atoms with van der Waals surface area (Å²) in [7, 11) is -3.14. The number of hydrogen-bond donors (Lipinski definition) is 1. The van der Waals surface area contributed by atoms with E-state index in [0.29, 0.717) is 13.2 Å². The van der Waals surface area contributed by atoms with Gasteiger partial charge in [0.2, 0.25) is 10.0 Å². The van der Waals surface area contributed by atoms with Crippen LogP contribution < -0.4 is 4.72 Å². The highest BCUT2D eigenvalue weighted by Crippen LogP contribution is 2.13. The summed E-state index contributed by atoms with van der Waals surface area (Å²) in [5.74, 6) is 0.117. The lowest BCUT2D eigenvalue weighted by atomic mass is 10.3. The minimum Gasteiger partial charge on any atom is -0.377 e. The highest BCUT2D eigenvalue weighted by Gasteiger charge is 2.22. The van der Waals surface area contributed by atoms with E-state index < -0.39 is 10.0 Å². The summed E-state index contributed by atoms with van der Waals surface area (Å²) in [5, 5.41) is 0.982. The number of nitrogens with one attached hydrogen (secondary N) is 1. The molecule has 1 atom stereocenters. The minimum atomic E-state index is -3.14. The van der Waals surface area contributed by atoms with Crippen molar-refractivity contribution in [3.63, 3.8) is 0 Å². The molecule has 0 amide bonds. The second-order valence-electron chi connectivity index (χ2n) is 4.06. The van der Waals surface area contributed by atoms with Crippen LogP contribution in [0.25, 0.3) is 0 Å². The van der Waals surface area contributed by atoms with Crippen LogP contribution in [-0.2, 0) is 14.8 Å². The van der Waals surface area contributed by atoms with Crippen LogP contribution in [0.3, 0.4) is 0 Å². The largest absolute Gasteiger partial charge is 0.377 e. The Morgan fingerprint density at radius 1 is 1.31 bits per heavy atom. The van der Waals surface area contributed by atoms with Crippen LogP contribution in [0.15, 0.2) is 0 Å². The third-order valence-corrected chi connectivity index (χ3v) is 4.58. The summed E-state index contributed by atoms with van der Waals surface area (Å²) in [6.45, 7) is 1.24. The molecule has 1 rings (SSSR count). The minimum absolute atomic E-state index is 0.0972. The Balaban J connectivity index is 2.13. The first-order chi connectivity index (χ1) is 7.64. The van der Waals surface area contributed by atoms with E-state index in [0.717, 1.165) is 37.4 Å². The Labute approximate surface area is 106 Å². The molecule has 0 aromatic carbocycles. The molecular formula is C10H20BrNO3S. The number of rotatable bonds is 8. The van der Waals surface area contributed by atoms with Gasteiger partial charge >= 0.3 is 0 Å². The molecule has 1 N–H and O–H groups in total. The molecule has 16 heavy (non-hydrogen) atoms. The van der Waals surface area contributed by atoms with Crippen molar-refractivity contribution in [3.8, 4) is 0 Å². The van der Waals surface area contributed by atoms with Gasteiger partial charge in [0.25, 0.3) is 0 Å². The zero-order chi connectivity index (χ0) is 11.9. The summed E-state index contributed by atoms with van der Waals surface area (Å²) >= 11 is 3.34. The molecular weight excluding hydrogens is 294 g/mol. The van der Waals surface area contributed by atoms with E-state index in [4.69, 9.17) is 4.74 Å². The quantitative estimate of drug-likeness (QED) is 0.547. The molecule has 96 valence electrons. The normalized spacial score (nSPS) is 21.4. The zero-order valence-electron chi connectivity index (χ0n) is 9.45. The maximum Gasteiger partial charge on any atom is 0.214 e. The first-order valence-electron chi connectivity index (χ1n) is 5.79. The fourth-order valence-electron chi connectivity index (χ4n) is 1.70. The average molecular weight is 314 g/mol. The summed E-state index contributed by atoms with van der Waals surface area (Å²) in [5.41, 5.74) is 0. The van der Waals surface area contributed by atoms with Crippen molar-refractivity contribution in [2.75, 3.05) is 24.2 Å². The van der Waals surface area contributed by atoms with Gasteiger partial charge in [0, 0.05) is 18.5 Å². The zero-order valence-corrected chi connectivity index (χ0v) is 11.9. The van der Waals surface area contributed by atoms with Crippen molar-refractivity contribution >= 4 is 26.0 Å². The van der Waals surface area contributed by atoms with Crippen molar-refractivity contribution in [1.82, 2.24) is 4.72 Å². The summed E-state index contributed by atoms with van der Waals surface area (Å²) in [6, 6.07) is 0. The smallest absolute Gasteiger partial charge is 0.214 e. The van der Waals surface area contributed by atoms with E-state index in [1.54, 1.807) is 0 Å².